The third-order valence-electron chi connectivity index (χ3n) is 4.96. The Morgan fingerprint density at radius 3 is 2.38 bits per heavy atom. The second-order valence-electron chi connectivity index (χ2n) is 7.62. The monoisotopic (exact) mass is 456 g/mol. The highest BCUT2D eigenvalue weighted by atomic mass is 16.4. The number of hydrogen-bond acceptors (Lipinski definition) is 7. The lowest BCUT2D eigenvalue weighted by Gasteiger charge is -2.22. The molecule has 182 valence electrons. The molecular formula is C19H36N8O5. The first-order chi connectivity index (χ1) is 15.2. The smallest absolute Gasteiger partial charge is 0.326 e. The van der Waals surface area contributed by atoms with E-state index in [1.807, 2.05) is 0 Å². The fourth-order valence-electron chi connectivity index (χ4n) is 3.24. The summed E-state index contributed by atoms with van der Waals surface area (Å²) in [4.78, 5) is 52.3. The molecule has 0 radical (unpaired) electrons. The van der Waals surface area contributed by atoms with Gasteiger partial charge >= 0.3 is 5.97 Å². The average Bonchev–Trinajstić information content (AvgIpc) is 3.28. The van der Waals surface area contributed by atoms with E-state index >= 15 is 0 Å². The van der Waals surface area contributed by atoms with Gasteiger partial charge in [0.15, 0.2) is 5.96 Å². The molecule has 1 rings (SSSR count). The Morgan fingerprint density at radius 2 is 1.78 bits per heavy atom. The van der Waals surface area contributed by atoms with Crippen LogP contribution < -0.4 is 38.5 Å². The van der Waals surface area contributed by atoms with E-state index in [9.17, 15) is 24.3 Å². The van der Waals surface area contributed by atoms with Crippen molar-refractivity contribution >= 4 is 29.7 Å². The standard InChI is InChI=1S/C19H36N8O5/c20-8-2-1-5-13(26-15(28)11-25-16(29)12-6-3-9-23-12)17(30)27-14(18(31)32)7-4-10-24-19(21)22/h12-14,23H,1-11,20H2,(H,25,29)(H,26,28)(H,27,30)(H,31,32)(H4,21,22,24). The zero-order valence-electron chi connectivity index (χ0n) is 18.3. The molecule has 3 unspecified atom stereocenters. The maximum Gasteiger partial charge on any atom is 0.326 e. The highest BCUT2D eigenvalue weighted by molar-refractivity contribution is 5.92. The summed E-state index contributed by atoms with van der Waals surface area (Å²) in [7, 11) is 0. The van der Waals surface area contributed by atoms with Crippen LogP contribution in [0.2, 0.25) is 0 Å². The predicted molar refractivity (Wildman–Crippen MR) is 118 cm³/mol. The first kappa shape index (κ1) is 27.1. The van der Waals surface area contributed by atoms with Gasteiger partial charge in [0.25, 0.3) is 0 Å². The number of nitrogens with zero attached hydrogens (tertiary/aromatic N) is 1. The molecule has 32 heavy (non-hydrogen) atoms. The topological polar surface area (TPSA) is 227 Å². The summed E-state index contributed by atoms with van der Waals surface area (Å²) in [5.41, 5.74) is 16.0. The van der Waals surface area contributed by atoms with Gasteiger partial charge in [-0.1, -0.05) is 0 Å². The molecule has 0 spiro atoms. The summed E-state index contributed by atoms with van der Waals surface area (Å²) in [5, 5.41) is 20.0. The second-order valence-corrected chi connectivity index (χ2v) is 7.62. The molecule has 0 aromatic carbocycles. The number of rotatable bonds is 15. The summed E-state index contributed by atoms with van der Waals surface area (Å²) < 4.78 is 0. The maximum absolute atomic E-state index is 12.7. The van der Waals surface area contributed by atoms with Gasteiger partial charge in [-0.05, 0) is 58.0 Å². The van der Waals surface area contributed by atoms with Crippen LogP contribution in [0.25, 0.3) is 0 Å². The van der Waals surface area contributed by atoms with Crippen molar-refractivity contribution < 1.29 is 24.3 Å². The SMILES string of the molecule is NCCCCC(NC(=O)CNC(=O)C1CCCN1)C(=O)NC(CCCN=C(N)N)C(=O)O. The fraction of sp³-hybridized carbons (Fsp3) is 0.737. The van der Waals surface area contributed by atoms with E-state index in [1.54, 1.807) is 0 Å². The number of unbranched alkanes of at least 4 members (excludes halogenated alkanes) is 1. The number of aliphatic imine (C=N–C) groups is 1. The Hall–Kier alpha value is -2.93. The highest BCUT2D eigenvalue weighted by Crippen LogP contribution is 2.06. The van der Waals surface area contributed by atoms with Crippen molar-refractivity contribution in [1.82, 2.24) is 21.3 Å². The summed E-state index contributed by atoms with van der Waals surface area (Å²) in [5.74, 6) is -2.73. The van der Waals surface area contributed by atoms with Crippen LogP contribution in [0.15, 0.2) is 4.99 Å². The van der Waals surface area contributed by atoms with E-state index in [4.69, 9.17) is 17.2 Å². The molecule has 1 aliphatic rings. The van der Waals surface area contributed by atoms with E-state index in [1.165, 1.54) is 0 Å². The number of carbonyl (C=O) groups excluding carboxylic acids is 3. The lowest BCUT2D eigenvalue weighted by atomic mass is 10.1. The third-order valence-corrected chi connectivity index (χ3v) is 4.96. The van der Waals surface area contributed by atoms with Gasteiger partial charge in [0.1, 0.15) is 12.1 Å². The molecule has 13 heteroatoms. The number of nitrogens with two attached hydrogens (primary N) is 3. The van der Waals surface area contributed by atoms with E-state index in [0.29, 0.717) is 32.2 Å². The fourth-order valence-corrected chi connectivity index (χ4v) is 3.24. The minimum atomic E-state index is -1.20. The van der Waals surface area contributed by atoms with Gasteiger partial charge in [-0.15, -0.1) is 0 Å². The van der Waals surface area contributed by atoms with Crippen LogP contribution in [0.3, 0.4) is 0 Å². The Labute approximate surface area is 187 Å². The van der Waals surface area contributed by atoms with Crippen LogP contribution in [-0.2, 0) is 19.2 Å². The van der Waals surface area contributed by atoms with Gasteiger partial charge in [0.05, 0.1) is 12.6 Å². The van der Waals surface area contributed by atoms with Crippen LogP contribution in [0.5, 0.6) is 0 Å². The van der Waals surface area contributed by atoms with Crippen LogP contribution in [-0.4, -0.2) is 79.1 Å². The number of aliphatic carboxylic acids is 1. The molecule has 3 atom stereocenters. The zero-order valence-corrected chi connectivity index (χ0v) is 18.3. The Kier molecular flexibility index (Phi) is 12.7. The number of carboxylic acids is 1. The second kappa shape index (κ2) is 15.0. The predicted octanol–water partition coefficient (Wildman–Crippen LogP) is -2.91. The van der Waals surface area contributed by atoms with E-state index in [2.05, 4.69) is 26.3 Å². The molecule has 0 saturated carbocycles. The maximum atomic E-state index is 12.7. The van der Waals surface area contributed by atoms with Crippen LogP contribution >= 0.6 is 0 Å². The molecule has 1 aliphatic heterocycles. The van der Waals surface area contributed by atoms with Crippen LogP contribution in [0, 0.1) is 0 Å². The van der Waals surface area contributed by atoms with Crippen molar-refractivity contribution in [3.05, 3.63) is 0 Å². The van der Waals surface area contributed by atoms with Crippen molar-refractivity contribution in [3.63, 3.8) is 0 Å². The van der Waals surface area contributed by atoms with Crippen molar-refractivity contribution in [1.29, 1.82) is 0 Å². The van der Waals surface area contributed by atoms with Crippen LogP contribution in [0.1, 0.15) is 44.9 Å². The molecule has 0 aliphatic carbocycles. The van der Waals surface area contributed by atoms with Crippen LogP contribution in [0.4, 0.5) is 0 Å². The highest BCUT2D eigenvalue weighted by Gasteiger charge is 2.27. The molecule has 0 aromatic rings. The van der Waals surface area contributed by atoms with E-state index < -0.39 is 29.9 Å². The molecule has 3 amide bonds. The largest absolute Gasteiger partial charge is 0.480 e. The van der Waals surface area contributed by atoms with Gasteiger partial charge in [-0.25, -0.2) is 4.79 Å². The van der Waals surface area contributed by atoms with E-state index in [-0.39, 0.29) is 43.8 Å². The molecular weight excluding hydrogens is 420 g/mol. The zero-order chi connectivity index (χ0) is 23.9. The van der Waals surface area contributed by atoms with Gasteiger partial charge in [0.2, 0.25) is 17.7 Å². The Balaban J connectivity index is 2.61. The molecule has 0 aromatic heterocycles. The summed E-state index contributed by atoms with van der Waals surface area (Å²) >= 11 is 0. The summed E-state index contributed by atoms with van der Waals surface area (Å²) in [6, 6.07) is -2.42. The number of carboxylic acid groups (broad SMARTS) is 1. The van der Waals surface area contributed by atoms with Crippen molar-refractivity contribution in [2.45, 2.75) is 63.1 Å². The quantitative estimate of drug-likeness (QED) is 0.0716. The Morgan fingerprint density at radius 1 is 1.06 bits per heavy atom. The van der Waals surface area contributed by atoms with Gasteiger partial charge < -0.3 is 43.6 Å². The van der Waals surface area contributed by atoms with Crippen molar-refractivity contribution in [3.8, 4) is 0 Å². The number of carbonyl (C=O) groups is 4. The summed E-state index contributed by atoms with van der Waals surface area (Å²) in [6.45, 7) is 1.13. The normalized spacial score (nSPS) is 17.1. The lowest BCUT2D eigenvalue weighted by Crippen LogP contribution is -2.53. The summed E-state index contributed by atoms with van der Waals surface area (Å²) in [6.07, 6.45) is 3.56. The molecule has 0 bridgehead atoms. The average molecular weight is 457 g/mol. The first-order valence-electron chi connectivity index (χ1n) is 10.8. The number of guanidine groups is 1. The van der Waals surface area contributed by atoms with Gasteiger partial charge in [-0.2, -0.15) is 0 Å². The number of nitrogens with one attached hydrogen (secondary N) is 4. The molecule has 1 fully saturated rings. The van der Waals surface area contributed by atoms with E-state index in [0.717, 1.165) is 13.0 Å². The molecule has 13 nitrogen and oxygen atoms in total. The van der Waals surface area contributed by atoms with Gasteiger partial charge in [0, 0.05) is 6.54 Å². The minimum Gasteiger partial charge on any atom is -0.480 e. The molecule has 11 N–H and O–H groups in total. The third kappa shape index (κ3) is 10.9. The number of amides is 3. The minimum absolute atomic E-state index is 0.0978. The Bertz CT molecular complexity index is 662. The molecule has 1 heterocycles. The van der Waals surface area contributed by atoms with Crippen molar-refractivity contribution in [2.24, 2.45) is 22.2 Å². The molecule has 1 saturated heterocycles. The lowest BCUT2D eigenvalue weighted by molar-refractivity contribution is -0.142. The number of hydrogen-bond donors (Lipinski definition) is 8. The van der Waals surface area contributed by atoms with Crippen molar-refractivity contribution in [2.75, 3.05) is 26.2 Å². The first-order valence-corrected chi connectivity index (χ1v) is 10.8. The van der Waals surface area contributed by atoms with Gasteiger partial charge in [-0.3, -0.25) is 19.4 Å².